The SMILES string of the molecule is C[C@H]1CC[C@H]2[C@@H]([C@H]1O)C2(C)C. The van der Waals surface area contributed by atoms with Crippen LogP contribution in [-0.4, -0.2) is 11.2 Å². The third-order valence-corrected chi connectivity index (χ3v) is 4.02. The summed E-state index contributed by atoms with van der Waals surface area (Å²) in [4.78, 5) is 0. The first-order valence-corrected chi connectivity index (χ1v) is 4.73. The van der Waals surface area contributed by atoms with Gasteiger partial charge in [0, 0.05) is 0 Å². The van der Waals surface area contributed by atoms with Gasteiger partial charge in [-0.1, -0.05) is 20.8 Å². The lowest BCUT2D eigenvalue weighted by atomic mass is 9.88. The molecule has 0 aromatic rings. The van der Waals surface area contributed by atoms with Crippen LogP contribution in [0.2, 0.25) is 0 Å². The minimum atomic E-state index is -0.0104. The summed E-state index contributed by atoms with van der Waals surface area (Å²) in [7, 11) is 0. The van der Waals surface area contributed by atoms with Gasteiger partial charge in [0.1, 0.15) is 0 Å². The summed E-state index contributed by atoms with van der Waals surface area (Å²) < 4.78 is 0. The summed E-state index contributed by atoms with van der Waals surface area (Å²) >= 11 is 0. The van der Waals surface area contributed by atoms with Crippen molar-refractivity contribution in [2.24, 2.45) is 23.2 Å². The van der Waals surface area contributed by atoms with E-state index in [1.165, 1.54) is 12.8 Å². The van der Waals surface area contributed by atoms with Gasteiger partial charge in [-0.05, 0) is 36.0 Å². The smallest absolute Gasteiger partial charge is 0.0601 e. The van der Waals surface area contributed by atoms with Crippen LogP contribution in [-0.2, 0) is 0 Å². The molecule has 1 nitrogen and oxygen atoms in total. The Morgan fingerprint density at radius 3 is 2.45 bits per heavy atom. The molecule has 2 saturated carbocycles. The normalized spacial score (nSPS) is 53.5. The fourth-order valence-electron chi connectivity index (χ4n) is 2.98. The number of hydrogen-bond donors (Lipinski definition) is 1. The van der Waals surface area contributed by atoms with Gasteiger partial charge in [0.2, 0.25) is 0 Å². The van der Waals surface area contributed by atoms with Crippen molar-refractivity contribution in [3.05, 3.63) is 0 Å². The molecule has 2 fully saturated rings. The minimum absolute atomic E-state index is 0.0104. The van der Waals surface area contributed by atoms with Crippen LogP contribution < -0.4 is 0 Å². The lowest BCUT2D eigenvalue weighted by Gasteiger charge is -2.23. The van der Waals surface area contributed by atoms with Gasteiger partial charge >= 0.3 is 0 Å². The van der Waals surface area contributed by atoms with Crippen molar-refractivity contribution in [3.8, 4) is 0 Å². The van der Waals surface area contributed by atoms with Crippen LogP contribution in [0.3, 0.4) is 0 Å². The Balaban J connectivity index is 2.12. The number of hydrogen-bond acceptors (Lipinski definition) is 1. The van der Waals surface area contributed by atoms with E-state index >= 15 is 0 Å². The second-order valence-electron chi connectivity index (χ2n) is 5.00. The molecule has 1 heteroatoms. The molecule has 0 saturated heterocycles. The zero-order chi connectivity index (χ0) is 8.22. The maximum absolute atomic E-state index is 9.82. The van der Waals surface area contributed by atoms with E-state index in [-0.39, 0.29) is 6.10 Å². The van der Waals surface area contributed by atoms with E-state index in [1.54, 1.807) is 0 Å². The molecule has 0 aromatic heterocycles. The summed E-state index contributed by atoms with van der Waals surface area (Å²) in [6, 6.07) is 0. The third-order valence-electron chi connectivity index (χ3n) is 4.02. The molecule has 64 valence electrons. The topological polar surface area (TPSA) is 20.2 Å². The monoisotopic (exact) mass is 154 g/mol. The molecule has 4 atom stereocenters. The molecule has 2 aliphatic carbocycles. The quantitative estimate of drug-likeness (QED) is 0.566. The largest absolute Gasteiger partial charge is 0.393 e. The fourth-order valence-corrected chi connectivity index (χ4v) is 2.98. The summed E-state index contributed by atoms with van der Waals surface area (Å²) in [5.74, 6) is 1.98. The molecule has 0 aromatic carbocycles. The van der Waals surface area contributed by atoms with Gasteiger partial charge in [0.15, 0.2) is 0 Å². The number of aliphatic hydroxyl groups excluding tert-OH is 1. The Morgan fingerprint density at radius 1 is 1.27 bits per heavy atom. The molecule has 2 aliphatic rings. The lowest BCUT2D eigenvalue weighted by Crippen LogP contribution is -2.25. The van der Waals surface area contributed by atoms with Gasteiger partial charge in [-0.15, -0.1) is 0 Å². The zero-order valence-corrected chi connectivity index (χ0v) is 7.67. The van der Waals surface area contributed by atoms with Crippen LogP contribution >= 0.6 is 0 Å². The van der Waals surface area contributed by atoms with Crippen molar-refractivity contribution < 1.29 is 5.11 Å². The molecule has 11 heavy (non-hydrogen) atoms. The highest BCUT2D eigenvalue weighted by molar-refractivity contribution is 5.11. The van der Waals surface area contributed by atoms with Crippen molar-refractivity contribution in [2.75, 3.05) is 0 Å². The molecule has 0 bridgehead atoms. The van der Waals surface area contributed by atoms with Crippen LogP contribution in [0.5, 0.6) is 0 Å². The van der Waals surface area contributed by atoms with E-state index in [9.17, 15) is 5.11 Å². The van der Waals surface area contributed by atoms with Crippen molar-refractivity contribution in [2.45, 2.75) is 39.7 Å². The maximum atomic E-state index is 9.82. The molecule has 0 heterocycles. The molecule has 0 radical (unpaired) electrons. The van der Waals surface area contributed by atoms with Crippen molar-refractivity contribution in [1.29, 1.82) is 0 Å². The van der Waals surface area contributed by atoms with Gasteiger partial charge < -0.3 is 5.11 Å². The van der Waals surface area contributed by atoms with Crippen molar-refractivity contribution >= 4 is 0 Å². The Morgan fingerprint density at radius 2 is 1.91 bits per heavy atom. The highest BCUT2D eigenvalue weighted by atomic mass is 16.3. The minimum Gasteiger partial charge on any atom is -0.393 e. The first-order chi connectivity index (χ1) is 5.05. The van der Waals surface area contributed by atoms with Crippen molar-refractivity contribution in [1.82, 2.24) is 0 Å². The highest BCUT2D eigenvalue weighted by Crippen LogP contribution is 2.65. The van der Waals surface area contributed by atoms with Crippen LogP contribution in [0.25, 0.3) is 0 Å². The standard InChI is InChI=1S/C10H18O/c1-6-4-5-7-8(9(6)11)10(7,2)3/h6-9,11H,4-5H2,1-3H3/t6-,7-,8-,9-/m0/s1. The molecule has 0 spiro atoms. The average Bonchev–Trinajstić information content (AvgIpc) is 2.46. The Bertz CT molecular complexity index is 174. The molecular formula is C10H18O. The van der Waals surface area contributed by atoms with E-state index in [2.05, 4.69) is 20.8 Å². The lowest BCUT2D eigenvalue weighted by molar-refractivity contribution is 0.0612. The second kappa shape index (κ2) is 2.01. The van der Waals surface area contributed by atoms with Gasteiger partial charge in [0.25, 0.3) is 0 Å². The summed E-state index contributed by atoms with van der Waals surface area (Å²) in [5.41, 5.74) is 0.449. The van der Waals surface area contributed by atoms with Crippen LogP contribution in [0.1, 0.15) is 33.6 Å². The Kier molecular flexibility index (Phi) is 1.39. The Labute approximate surface area is 68.8 Å². The molecule has 0 amide bonds. The van der Waals surface area contributed by atoms with Crippen LogP contribution in [0.4, 0.5) is 0 Å². The summed E-state index contributed by atoms with van der Waals surface area (Å²) in [6.45, 7) is 6.77. The first kappa shape index (κ1) is 7.60. The fraction of sp³-hybridized carbons (Fsp3) is 1.00. The van der Waals surface area contributed by atoms with Crippen LogP contribution in [0, 0.1) is 23.2 Å². The van der Waals surface area contributed by atoms with Gasteiger partial charge in [-0.2, -0.15) is 0 Å². The predicted molar refractivity (Wildman–Crippen MR) is 45.2 cm³/mol. The van der Waals surface area contributed by atoms with E-state index < -0.39 is 0 Å². The zero-order valence-electron chi connectivity index (χ0n) is 7.67. The van der Waals surface area contributed by atoms with E-state index in [1.807, 2.05) is 0 Å². The molecule has 2 rings (SSSR count). The predicted octanol–water partition coefficient (Wildman–Crippen LogP) is 2.05. The van der Waals surface area contributed by atoms with Gasteiger partial charge in [-0.25, -0.2) is 0 Å². The first-order valence-electron chi connectivity index (χ1n) is 4.73. The maximum Gasteiger partial charge on any atom is 0.0601 e. The van der Waals surface area contributed by atoms with Crippen molar-refractivity contribution in [3.63, 3.8) is 0 Å². The number of rotatable bonds is 0. The summed E-state index contributed by atoms with van der Waals surface area (Å²) in [6.07, 6.45) is 2.56. The summed E-state index contributed by atoms with van der Waals surface area (Å²) in [5, 5.41) is 9.82. The Hall–Kier alpha value is -0.0400. The van der Waals surface area contributed by atoms with E-state index in [0.29, 0.717) is 17.3 Å². The van der Waals surface area contributed by atoms with Gasteiger partial charge in [0.05, 0.1) is 6.10 Å². The van der Waals surface area contributed by atoms with E-state index in [4.69, 9.17) is 0 Å². The molecule has 0 unspecified atom stereocenters. The highest BCUT2D eigenvalue weighted by Gasteiger charge is 2.62. The number of aliphatic hydroxyl groups is 1. The molecular weight excluding hydrogens is 136 g/mol. The third kappa shape index (κ3) is 0.868. The van der Waals surface area contributed by atoms with Crippen LogP contribution in [0.15, 0.2) is 0 Å². The number of fused-ring (bicyclic) bond motifs is 1. The molecule has 0 aliphatic heterocycles. The molecule has 1 N–H and O–H groups in total. The van der Waals surface area contributed by atoms with Gasteiger partial charge in [-0.3, -0.25) is 0 Å². The second-order valence-corrected chi connectivity index (χ2v) is 5.00. The van der Waals surface area contributed by atoms with E-state index in [0.717, 1.165) is 5.92 Å². The average molecular weight is 154 g/mol.